The summed E-state index contributed by atoms with van der Waals surface area (Å²) in [5.74, 6) is -1.54. The minimum atomic E-state index is -4.54. The maximum absolute atomic E-state index is 13.3. The predicted molar refractivity (Wildman–Crippen MR) is 61.6 cm³/mol. The fourth-order valence-corrected chi connectivity index (χ4v) is 1.63. The third-order valence-corrected chi connectivity index (χ3v) is 2.52. The van der Waals surface area contributed by atoms with Crippen molar-refractivity contribution in [3.05, 3.63) is 41.3 Å². The minimum Gasteiger partial charge on any atom is -0.381 e. The first-order valence-electron chi connectivity index (χ1n) is 5.27. The van der Waals surface area contributed by atoms with Crippen molar-refractivity contribution < 1.29 is 17.6 Å². The van der Waals surface area contributed by atoms with Crippen LogP contribution in [-0.2, 0) is 6.18 Å². The van der Waals surface area contributed by atoms with Crippen molar-refractivity contribution in [1.82, 2.24) is 9.97 Å². The Morgan fingerprint density at radius 2 is 1.74 bits per heavy atom. The summed E-state index contributed by atoms with van der Waals surface area (Å²) < 4.78 is 51.8. The van der Waals surface area contributed by atoms with Crippen LogP contribution in [0.1, 0.15) is 11.3 Å². The number of anilines is 1. The van der Waals surface area contributed by atoms with E-state index in [1.54, 1.807) is 0 Å². The third kappa shape index (κ3) is 2.49. The van der Waals surface area contributed by atoms with Crippen LogP contribution in [0.15, 0.2) is 24.3 Å². The molecule has 0 unspecified atom stereocenters. The predicted octanol–water partition coefficient (Wildman–Crippen LogP) is 3.19. The van der Waals surface area contributed by atoms with Gasteiger partial charge in [0.1, 0.15) is 0 Å². The molecule has 0 bridgehead atoms. The average Bonchev–Trinajstić information content (AvgIpc) is 2.34. The average molecular weight is 271 g/mol. The van der Waals surface area contributed by atoms with Crippen LogP contribution in [0.3, 0.4) is 0 Å². The molecule has 0 aliphatic heterocycles. The molecule has 100 valence electrons. The van der Waals surface area contributed by atoms with Crippen molar-refractivity contribution in [2.24, 2.45) is 0 Å². The molecule has 0 radical (unpaired) electrons. The fourth-order valence-electron chi connectivity index (χ4n) is 1.63. The van der Waals surface area contributed by atoms with Gasteiger partial charge in [-0.2, -0.15) is 13.2 Å². The van der Waals surface area contributed by atoms with Crippen LogP contribution in [0.5, 0.6) is 0 Å². The van der Waals surface area contributed by atoms with E-state index in [4.69, 9.17) is 5.73 Å². The summed E-state index contributed by atoms with van der Waals surface area (Å²) >= 11 is 0. The van der Waals surface area contributed by atoms with Crippen LogP contribution in [0.4, 0.5) is 23.4 Å². The van der Waals surface area contributed by atoms with Crippen molar-refractivity contribution in [3.8, 4) is 11.4 Å². The van der Waals surface area contributed by atoms with Gasteiger partial charge in [-0.25, -0.2) is 14.4 Å². The second-order valence-electron chi connectivity index (χ2n) is 3.88. The van der Waals surface area contributed by atoms with E-state index in [2.05, 4.69) is 9.97 Å². The number of nitrogens with two attached hydrogens (primary N) is 1. The molecule has 2 N–H and O–H groups in total. The molecule has 0 aliphatic carbocycles. The molecule has 0 aliphatic rings. The Kier molecular flexibility index (Phi) is 3.13. The lowest BCUT2D eigenvalue weighted by molar-refractivity contribution is -0.137. The molecule has 3 nitrogen and oxygen atoms in total. The van der Waals surface area contributed by atoms with E-state index in [-0.39, 0.29) is 17.1 Å². The molecular formula is C12H9F4N3. The Balaban J connectivity index is 2.67. The molecule has 2 aromatic rings. The summed E-state index contributed by atoms with van der Waals surface area (Å²) in [6.07, 6.45) is -4.54. The number of aryl methyl sites for hydroxylation is 1. The molecule has 0 spiro atoms. The summed E-state index contributed by atoms with van der Waals surface area (Å²) in [5, 5.41) is 0. The molecule has 1 heterocycles. The quantitative estimate of drug-likeness (QED) is 0.810. The number of benzene rings is 1. The Labute approximate surface area is 106 Å². The van der Waals surface area contributed by atoms with Crippen molar-refractivity contribution >= 4 is 5.82 Å². The van der Waals surface area contributed by atoms with E-state index < -0.39 is 23.4 Å². The molecule has 2 rings (SSSR count). The molecule has 7 heteroatoms. The molecule has 0 saturated carbocycles. The summed E-state index contributed by atoms with van der Waals surface area (Å²) in [7, 11) is 0. The van der Waals surface area contributed by atoms with Gasteiger partial charge in [-0.15, -0.1) is 0 Å². The number of hydrogen-bond acceptors (Lipinski definition) is 3. The summed E-state index contributed by atoms with van der Waals surface area (Å²) in [5.41, 5.74) is 4.09. The topological polar surface area (TPSA) is 51.8 Å². The van der Waals surface area contributed by atoms with Gasteiger partial charge in [-0.05, 0) is 13.0 Å². The highest BCUT2D eigenvalue weighted by molar-refractivity contribution is 5.62. The number of alkyl halides is 3. The number of nitrogens with zero attached hydrogens (tertiary/aromatic N) is 2. The van der Waals surface area contributed by atoms with E-state index in [9.17, 15) is 17.6 Å². The van der Waals surface area contributed by atoms with Crippen molar-refractivity contribution in [2.45, 2.75) is 13.1 Å². The summed E-state index contributed by atoms with van der Waals surface area (Å²) in [6.45, 7) is 1.31. The lowest BCUT2D eigenvalue weighted by Gasteiger charge is -2.12. The van der Waals surface area contributed by atoms with Crippen LogP contribution in [-0.4, -0.2) is 9.97 Å². The molecule has 0 fully saturated rings. The van der Waals surface area contributed by atoms with Gasteiger partial charge in [0, 0.05) is 5.56 Å². The van der Waals surface area contributed by atoms with E-state index in [1.165, 1.54) is 25.1 Å². The highest BCUT2D eigenvalue weighted by Crippen LogP contribution is 2.36. The Hall–Kier alpha value is -2.18. The Morgan fingerprint density at radius 3 is 2.32 bits per heavy atom. The van der Waals surface area contributed by atoms with Crippen LogP contribution >= 0.6 is 0 Å². The lowest BCUT2D eigenvalue weighted by atomic mass is 10.1. The van der Waals surface area contributed by atoms with E-state index >= 15 is 0 Å². The summed E-state index contributed by atoms with van der Waals surface area (Å²) in [4.78, 5) is 7.28. The molecule has 1 aromatic carbocycles. The van der Waals surface area contributed by atoms with E-state index in [0.717, 1.165) is 6.07 Å². The summed E-state index contributed by atoms with van der Waals surface area (Å²) in [6, 6.07) is 4.80. The highest BCUT2D eigenvalue weighted by Gasteiger charge is 2.34. The van der Waals surface area contributed by atoms with Gasteiger partial charge in [0.25, 0.3) is 0 Å². The van der Waals surface area contributed by atoms with Crippen LogP contribution in [0, 0.1) is 12.7 Å². The van der Waals surface area contributed by atoms with Crippen molar-refractivity contribution in [2.75, 3.05) is 5.73 Å². The second kappa shape index (κ2) is 4.49. The van der Waals surface area contributed by atoms with Crippen LogP contribution in [0.2, 0.25) is 0 Å². The van der Waals surface area contributed by atoms with Gasteiger partial charge < -0.3 is 5.73 Å². The fraction of sp³-hybridized carbons (Fsp3) is 0.167. The van der Waals surface area contributed by atoms with Gasteiger partial charge >= 0.3 is 6.18 Å². The Morgan fingerprint density at radius 1 is 1.11 bits per heavy atom. The first kappa shape index (κ1) is 13.3. The zero-order valence-corrected chi connectivity index (χ0v) is 9.79. The van der Waals surface area contributed by atoms with Gasteiger partial charge in [-0.3, -0.25) is 0 Å². The molecule has 1 aromatic heterocycles. The van der Waals surface area contributed by atoms with Gasteiger partial charge in [0.05, 0.1) is 11.3 Å². The zero-order chi connectivity index (χ0) is 14.2. The van der Waals surface area contributed by atoms with Crippen molar-refractivity contribution in [1.29, 1.82) is 0 Å². The molecular weight excluding hydrogens is 262 g/mol. The standard InChI is InChI=1S/C12H9F4N3/c1-6-9(13)10(17)19-11(18-6)7-4-2-3-5-8(7)12(14,15)16/h2-5H,1H3,(H2,17,18,19). The number of halogens is 4. The number of rotatable bonds is 1. The first-order chi connectivity index (χ1) is 8.80. The lowest BCUT2D eigenvalue weighted by Crippen LogP contribution is -2.09. The largest absolute Gasteiger partial charge is 0.417 e. The minimum absolute atomic E-state index is 0.0977. The maximum atomic E-state index is 13.3. The molecule has 0 atom stereocenters. The Bertz CT molecular complexity index is 600. The smallest absolute Gasteiger partial charge is 0.381 e. The van der Waals surface area contributed by atoms with E-state index in [0.29, 0.717) is 0 Å². The third-order valence-electron chi connectivity index (χ3n) is 2.52. The number of hydrogen-bond donors (Lipinski definition) is 1. The zero-order valence-electron chi connectivity index (χ0n) is 9.79. The van der Waals surface area contributed by atoms with Gasteiger partial charge in [0.2, 0.25) is 0 Å². The molecule has 0 saturated heterocycles. The SMILES string of the molecule is Cc1nc(-c2ccccc2C(F)(F)F)nc(N)c1F. The van der Waals surface area contributed by atoms with Gasteiger partial charge in [-0.1, -0.05) is 18.2 Å². The number of aromatic nitrogens is 2. The molecule has 19 heavy (non-hydrogen) atoms. The monoisotopic (exact) mass is 271 g/mol. The van der Waals surface area contributed by atoms with E-state index in [1.807, 2.05) is 0 Å². The first-order valence-corrected chi connectivity index (χ1v) is 5.27. The maximum Gasteiger partial charge on any atom is 0.417 e. The highest BCUT2D eigenvalue weighted by atomic mass is 19.4. The van der Waals surface area contributed by atoms with Gasteiger partial charge in [0.15, 0.2) is 17.5 Å². The van der Waals surface area contributed by atoms with Crippen LogP contribution in [0.25, 0.3) is 11.4 Å². The second-order valence-corrected chi connectivity index (χ2v) is 3.88. The number of nitrogen functional groups attached to an aromatic ring is 1. The van der Waals surface area contributed by atoms with Crippen LogP contribution < -0.4 is 5.73 Å². The molecule has 0 amide bonds. The van der Waals surface area contributed by atoms with Crippen molar-refractivity contribution in [3.63, 3.8) is 0 Å². The normalized spacial score (nSPS) is 11.6.